The van der Waals surface area contributed by atoms with Gasteiger partial charge >= 0.3 is 0 Å². The Bertz CT molecular complexity index is 1070. The number of carbonyl (C=O) groups is 1. The van der Waals surface area contributed by atoms with Crippen molar-refractivity contribution in [3.63, 3.8) is 0 Å². The molecule has 2 rings (SSSR count). The lowest BCUT2D eigenvalue weighted by atomic mass is 9.92. The Morgan fingerprint density at radius 1 is 1.17 bits per heavy atom. The number of sulfonamides is 1. The largest absolute Gasteiger partial charge is 0.310 e. The van der Waals surface area contributed by atoms with E-state index < -0.39 is 15.9 Å². The molecule has 0 spiro atoms. The van der Waals surface area contributed by atoms with E-state index in [-0.39, 0.29) is 22.4 Å². The van der Waals surface area contributed by atoms with Crippen molar-refractivity contribution in [2.24, 2.45) is 0 Å². The zero-order valence-electron chi connectivity index (χ0n) is 18.5. The van der Waals surface area contributed by atoms with Crippen molar-refractivity contribution in [3.05, 3.63) is 41.6 Å². The molecule has 0 aliphatic heterocycles. The first-order valence-electron chi connectivity index (χ1n) is 9.53. The minimum atomic E-state index is -3.87. The highest BCUT2D eigenvalue weighted by atomic mass is 32.2. The standard InChI is InChI=1S/C21H29N5O3S/c1-20(2,3)17-12-18(26(24-17)21(4,5)6)23-19(27)14-25(7)30(28,29)16-10-8-15(13-22)9-11-16/h8-12H,14H2,1-7H3,(H,23,27). The Morgan fingerprint density at radius 2 is 1.73 bits per heavy atom. The van der Waals surface area contributed by atoms with Gasteiger partial charge in [0.15, 0.2) is 0 Å². The number of benzene rings is 1. The third-order valence-corrected chi connectivity index (χ3v) is 6.26. The summed E-state index contributed by atoms with van der Waals surface area (Å²) in [4.78, 5) is 12.7. The number of nitrogens with zero attached hydrogens (tertiary/aromatic N) is 4. The van der Waals surface area contributed by atoms with Crippen LogP contribution in [-0.2, 0) is 25.8 Å². The average Bonchev–Trinajstić information content (AvgIpc) is 3.06. The van der Waals surface area contributed by atoms with E-state index in [4.69, 9.17) is 5.26 Å². The lowest BCUT2D eigenvalue weighted by Crippen LogP contribution is -2.36. The highest BCUT2D eigenvalue weighted by Gasteiger charge is 2.27. The van der Waals surface area contributed by atoms with Crippen LogP contribution in [0.4, 0.5) is 5.82 Å². The summed E-state index contributed by atoms with van der Waals surface area (Å²) in [7, 11) is -2.53. The zero-order chi connectivity index (χ0) is 22.9. The zero-order valence-corrected chi connectivity index (χ0v) is 19.3. The van der Waals surface area contributed by atoms with Crippen molar-refractivity contribution in [3.8, 4) is 6.07 Å². The first kappa shape index (κ1) is 23.6. The fourth-order valence-corrected chi connectivity index (χ4v) is 3.83. The van der Waals surface area contributed by atoms with Gasteiger partial charge in [0.05, 0.1) is 34.3 Å². The summed E-state index contributed by atoms with van der Waals surface area (Å²) in [6, 6.07) is 9.32. The Kier molecular flexibility index (Phi) is 6.45. The maximum atomic E-state index is 12.7. The van der Waals surface area contributed by atoms with Gasteiger partial charge in [0.25, 0.3) is 0 Å². The number of nitriles is 1. The molecule has 9 heteroatoms. The van der Waals surface area contributed by atoms with Gasteiger partial charge in [-0.1, -0.05) is 20.8 Å². The molecule has 0 saturated carbocycles. The lowest BCUT2D eigenvalue weighted by Gasteiger charge is -2.23. The maximum absolute atomic E-state index is 12.7. The molecule has 2 aromatic rings. The summed E-state index contributed by atoms with van der Waals surface area (Å²) in [6.45, 7) is 11.7. The van der Waals surface area contributed by atoms with E-state index in [2.05, 4.69) is 10.4 Å². The monoisotopic (exact) mass is 431 g/mol. The van der Waals surface area contributed by atoms with Crippen molar-refractivity contribution < 1.29 is 13.2 Å². The Labute approximate surface area is 178 Å². The van der Waals surface area contributed by atoms with Gasteiger partial charge < -0.3 is 5.32 Å². The second-order valence-electron chi connectivity index (χ2n) is 9.19. The molecule has 1 aromatic heterocycles. The van der Waals surface area contributed by atoms with Gasteiger partial charge in [-0.15, -0.1) is 0 Å². The van der Waals surface area contributed by atoms with E-state index in [1.807, 2.05) is 53.7 Å². The molecule has 0 aliphatic rings. The predicted molar refractivity (Wildman–Crippen MR) is 116 cm³/mol. The minimum Gasteiger partial charge on any atom is -0.310 e. The topological polar surface area (TPSA) is 108 Å². The number of rotatable bonds is 5. The summed E-state index contributed by atoms with van der Waals surface area (Å²) in [5.74, 6) is 0.0437. The van der Waals surface area contributed by atoms with Gasteiger partial charge in [0.1, 0.15) is 5.82 Å². The molecular formula is C21H29N5O3S. The molecule has 0 fully saturated rings. The van der Waals surface area contributed by atoms with E-state index in [1.54, 1.807) is 4.68 Å². The number of hydrogen-bond acceptors (Lipinski definition) is 5. The van der Waals surface area contributed by atoms with Crippen molar-refractivity contribution in [2.75, 3.05) is 18.9 Å². The molecule has 0 atom stereocenters. The Morgan fingerprint density at radius 3 is 2.20 bits per heavy atom. The quantitative estimate of drug-likeness (QED) is 0.783. The van der Waals surface area contributed by atoms with E-state index in [0.717, 1.165) is 10.00 Å². The molecule has 8 nitrogen and oxygen atoms in total. The molecule has 0 unspecified atom stereocenters. The van der Waals surface area contributed by atoms with E-state index in [0.29, 0.717) is 11.4 Å². The summed E-state index contributed by atoms with van der Waals surface area (Å²) >= 11 is 0. The third-order valence-electron chi connectivity index (χ3n) is 4.44. The normalized spacial score (nSPS) is 12.6. The average molecular weight is 432 g/mol. The van der Waals surface area contributed by atoms with Crippen LogP contribution >= 0.6 is 0 Å². The number of carbonyl (C=O) groups excluding carboxylic acids is 1. The molecule has 1 heterocycles. The first-order valence-corrected chi connectivity index (χ1v) is 11.0. The van der Waals surface area contributed by atoms with Crippen molar-refractivity contribution >= 4 is 21.7 Å². The fourth-order valence-electron chi connectivity index (χ4n) is 2.70. The number of anilines is 1. The van der Waals surface area contributed by atoms with E-state index >= 15 is 0 Å². The Hall–Kier alpha value is -2.70. The summed E-state index contributed by atoms with van der Waals surface area (Å²) in [5.41, 5.74) is 0.615. The number of amides is 1. The van der Waals surface area contributed by atoms with Crippen LogP contribution in [0.15, 0.2) is 35.2 Å². The molecule has 0 radical (unpaired) electrons. The molecule has 1 aromatic carbocycles. The number of hydrogen-bond donors (Lipinski definition) is 1. The van der Waals surface area contributed by atoms with Crippen LogP contribution in [0.5, 0.6) is 0 Å². The van der Waals surface area contributed by atoms with Crippen LogP contribution < -0.4 is 5.32 Å². The second-order valence-corrected chi connectivity index (χ2v) is 11.2. The summed E-state index contributed by atoms with van der Waals surface area (Å²) < 4.78 is 28.2. The highest BCUT2D eigenvalue weighted by molar-refractivity contribution is 7.89. The summed E-state index contributed by atoms with van der Waals surface area (Å²) in [5, 5.41) is 16.3. The smallest absolute Gasteiger partial charge is 0.243 e. The van der Waals surface area contributed by atoms with Crippen LogP contribution in [0.3, 0.4) is 0 Å². The van der Waals surface area contributed by atoms with Gasteiger partial charge in [-0.25, -0.2) is 13.1 Å². The molecule has 0 saturated heterocycles. The Balaban J connectivity index is 2.22. The molecule has 0 aliphatic carbocycles. The molecule has 0 bridgehead atoms. The van der Waals surface area contributed by atoms with Gasteiger partial charge in [0.2, 0.25) is 15.9 Å². The lowest BCUT2D eigenvalue weighted by molar-refractivity contribution is -0.116. The van der Waals surface area contributed by atoms with Gasteiger partial charge in [0, 0.05) is 18.5 Å². The third kappa shape index (κ3) is 5.26. The fraction of sp³-hybridized carbons (Fsp3) is 0.476. The number of nitrogens with one attached hydrogen (secondary N) is 1. The van der Waals surface area contributed by atoms with Crippen LogP contribution in [0.1, 0.15) is 52.8 Å². The molecule has 1 N–H and O–H groups in total. The van der Waals surface area contributed by atoms with Gasteiger partial charge in [-0.3, -0.25) is 4.79 Å². The van der Waals surface area contributed by atoms with Crippen LogP contribution in [0, 0.1) is 11.3 Å². The SMILES string of the molecule is CN(CC(=O)Nc1cc(C(C)(C)C)nn1C(C)(C)C)S(=O)(=O)c1ccc(C#N)cc1. The summed E-state index contributed by atoms with van der Waals surface area (Å²) in [6.07, 6.45) is 0. The highest BCUT2D eigenvalue weighted by Crippen LogP contribution is 2.28. The van der Waals surface area contributed by atoms with E-state index in [9.17, 15) is 13.2 Å². The molecule has 1 amide bonds. The van der Waals surface area contributed by atoms with Gasteiger partial charge in [-0.05, 0) is 45.0 Å². The first-order chi connectivity index (χ1) is 13.7. The maximum Gasteiger partial charge on any atom is 0.243 e. The second kappa shape index (κ2) is 8.20. The number of likely N-dealkylation sites (N-methyl/N-ethyl adjacent to an activating group) is 1. The van der Waals surface area contributed by atoms with Crippen LogP contribution in [0.2, 0.25) is 0 Å². The van der Waals surface area contributed by atoms with E-state index in [1.165, 1.54) is 31.3 Å². The number of aromatic nitrogens is 2. The van der Waals surface area contributed by atoms with Crippen molar-refractivity contribution in [1.82, 2.24) is 14.1 Å². The van der Waals surface area contributed by atoms with Crippen molar-refractivity contribution in [2.45, 2.75) is 57.4 Å². The minimum absolute atomic E-state index is 0.0200. The predicted octanol–water partition coefficient (Wildman–Crippen LogP) is 3.07. The van der Waals surface area contributed by atoms with Crippen molar-refractivity contribution in [1.29, 1.82) is 5.26 Å². The van der Waals surface area contributed by atoms with Crippen LogP contribution in [0.25, 0.3) is 0 Å². The molecule has 162 valence electrons. The molecular weight excluding hydrogens is 402 g/mol. The van der Waals surface area contributed by atoms with Crippen LogP contribution in [-0.4, -0.2) is 42.0 Å². The molecule has 30 heavy (non-hydrogen) atoms. The van der Waals surface area contributed by atoms with Gasteiger partial charge in [-0.2, -0.15) is 14.7 Å².